The summed E-state index contributed by atoms with van der Waals surface area (Å²) in [5.74, 6) is -0.892. The zero-order valence-electron chi connectivity index (χ0n) is 11.1. The van der Waals surface area contributed by atoms with Crippen LogP contribution in [0.15, 0.2) is 0 Å². The molecule has 1 aliphatic rings. The van der Waals surface area contributed by atoms with E-state index in [1.807, 2.05) is 6.92 Å². The monoisotopic (exact) mass is 271 g/mol. The van der Waals surface area contributed by atoms with E-state index in [1.165, 1.54) is 0 Å². The maximum absolute atomic E-state index is 11.9. The van der Waals surface area contributed by atoms with Crippen molar-refractivity contribution in [1.82, 2.24) is 15.1 Å². The molecule has 0 aromatic rings. The third kappa shape index (κ3) is 4.40. The van der Waals surface area contributed by atoms with Crippen molar-refractivity contribution >= 4 is 17.8 Å². The number of carbonyl (C=O) groups excluding carboxylic acids is 3. The number of amides is 4. The molecule has 1 atom stereocenters. The third-order valence-corrected chi connectivity index (χ3v) is 2.94. The predicted molar refractivity (Wildman–Crippen MR) is 69.0 cm³/mol. The Balaban J connectivity index is 2.43. The molecule has 1 fully saturated rings. The van der Waals surface area contributed by atoms with Crippen molar-refractivity contribution in [3.63, 3.8) is 0 Å². The van der Waals surface area contributed by atoms with Crippen LogP contribution >= 0.6 is 0 Å². The summed E-state index contributed by atoms with van der Waals surface area (Å²) < 4.78 is 0. The second kappa shape index (κ2) is 6.93. The Morgan fingerprint density at radius 2 is 1.68 bits per heavy atom. The summed E-state index contributed by atoms with van der Waals surface area (Å²) in [5, 5.41) is 2.71. The summed E-state index contributed by atoms with van der Waals surface area (Å²) in [6.45, 7) is 4.18. The van der Waals surface area contributed by atoms with Gasteiger partial charge in [-0.3, -0.25) is 9.59 Å². The van der Waals surface area contributed by atoms with Gasteiger partial charge in [0.1, 0.15) is 0 Å². The van der Waals surface area contributed by atoms with Crippen LogP contribution in [-0.4, -0.2) is 66.4 Å². The number of hydrogen-bond acceptors (Lipinski definition) is 4. The van der Waals surface area contributed by atoms with Crippen molar-refractivity contribution < 1.29 is 14.4 Å². The van der Waals surface area contributed by atoms with Gasteiger partial charge in [-0.1, -0.05) is 0 Å². The van der Waals surface area contributed by atoms with Crippen molar-refractivity contribution in [2.75, 3.05) is 32.7 Å². The Hall–Kier alpha value is -1.83. The number of nitrogens with zero attached hydrogens (tertiary/aromatic N) is 2. The fourth-order valence-corrected chi connectivity index (χ4v) is 1.93. The van der Waals surface area contributed by atoms with Crippen LogP contribution in [0.5, 0.6) is 0 Å². The second-order valence-electron chi connectivity index (χ2n) is 4.42. The standard InChI is InChI=1S/C11H21N5O3/c1-2-14-11(19)16-5-3-15(4-6-16)10(18)8(12)7-9(13)17/h8H,2-7,12H2,1H3,(H2,13,17)(H,14,19). The summed E-state index contributed by atoms with van der Waals surface area (Å²) in [7, 11) is 0. The molecule has 0 bridgehead atoms. The van der Waals surface area contributed by atoms with E-state index in [2.05, 4.69) is 5.32 Å². The minimum absolute atomic E-state index is 0.129. The highest BCUT2D eigenvalue weighted by Crippen LogP contribution is 2.05. The quantitative estimate of drug-likeness (QED) is 0.550. The lowest BCUT2D eigenvalue weighted by Gasteiger charge is -2.35. The maximum Gasteiger partial charge on any atom is 0.317 e. The molecule has 108 valence electrons. The van der Waals surface area contributed by atoms with Gasteiger partial charge < -0.3 is 26.6 Å². The van der Waals surface area contributed by atoms with Gasteiger partial charge in [0.05, 0.1) is 12.5 Å². The molecule has 19 heavy (non-hydrogen) atoms. The van der Waals surface area contributed by atoms with Gasteiger partial charge in [0.25, 0.3) is 0 Å². The van der Waals surface area contributed by atoms with Crippen molar-refractivity contribution in [2.24, 2.45) is 11.5 Å². The molecule has 1 aliphatic heterocycles. The van der Waals surface area contributed by atoms with Crippen LogP contribution in [0.4, 0.5) is 4.79 Å². The average molecular weight is 271 g/mol. The molecule has 4 amide bonds. The number of primary amides is 1. The minimum Gasteiger partial charge on any atom is -0.370 e. The lowest BCUT2D eigenvalue weighted by atomic mass is 10.1. The van der Waals surface area contributed by atoms with Gasteiger partial charge in [0.2, 0.25) is 11.8 Å². The molecular formula is C11H21N5O3. The van der Waals surface area contributed by atoms with E-state index in [0.717, 1.165) is 0 Å². The highest BCUT2D eigenvalue weighted by molar-refractivity contribution is 5.87. The van der Waals surface area contributed by atoms with Crippen LogP contribution in [0.1, 0.15) is 13.3 Å². The normalized spacial score (nSPS) is 16.9. The highest BCUT2D eigenvalue weighted by atomic mass is 16.2. The van der Waals surface area contributed by atoms with E-state index in [9.17, 15) is 14.4 Å². The Labute approximate surface area is 112 Å². The molecule has 0 aromatic carbocycles. The number of carbonyl (C=O) groups is 3. The SMILES string of the molecule is CCNC(=O)N1CCN(C(=O)C(N)CC(N)=O)CC1. The average Bonchev–Trinajstić information content (AvgIpc) is 2.37. The lowest BCUT2D eigenvalue weighted by Crippen LogP contribution is -2.56. The molecule has 0 spiro atoms. The Kier molecular flexibility index (Phi) is 5.56. The fourth-order valence-electron chi connectivity index (χ4n) is 1.93. The van der Waals surface area contributed by atoms with Crippen LogP contribution in [0, 0.1) is 0 Å². The largest absolute Gasteiger partial charge is 0.370 e. The molecular weight excluding hydrogens is 250 g/mol. The number of urea groups is 1. The van der Waals surface area contributed by atoms with Gasteiger partial charge in [-0.15, -0.1) is 0 Å². The van der Waals surface area contributed by atoms with Crippen LogP contribution in [0.25, 0.3) is 0 Å². The Morgan fingerprint density at radius 1 is 1.16 bits per heavy atom. The molecule has 1 unspecified atom stereocenters. The van der Waals surface area contributed by atoms with Gasteiger partial charge in [0.15, 0.2) is 0 Å². The molecule has 0 saturated carbocycles. The van der Waals surface area contributed by atoms with Crippen LogP contribution in [0.3, 0.4) is 0 Å². The van der Waals surface area contributed by atoms with Gasteiger partial charge in [0, 0.05) is 32.7 Å². The van der Waals surface area contributed by atoms with Crippen molar-refractivity contribution in [3.05, 3.63) is 0 Å². The third-order valence-electron chi connectivity index (χ3n) is 2.94. The molecule has 1 saturated heterocycles. The van der Waals surface area contributed by atoms with Crippen molar-refractivity contribution in [3.8, 4) is 0 Å². The van der Waals surface area contributed by atoms with E-state index in [-0.39, 0.29) is 18.4 Å². The van der Waals surface area contributed by atoms with Crippen LogP contribution in [0.2, 0.25) is 0 Å². The van der Waals surface area contributed by atoms with Gasteiger partial charge in [-0.2, -0.15) is 0 Å². The molecule has 0 aliphatic carbocycles. The predicted octanol–water partition coefficient (Wildman–Crippen LogP) is -1.94. The summed E-state index contributed by atoms with van der Waals surface area (Å²) in [6, 6.07) is -1.02. The maximum atomic E-state index is 11.9. The molecule has 1 heterocycles. The first-order valence-corrected chi connectivity index (χ1v) is 6.31. The summed E-state index contributed by atoms with van der Waals surface area (Å²) >= 11 is 0. The van der Waals surface area contributed by atoms with E-state index in [4.69, 9.17) is 11.5 Å². The molecule has 5 N–H and O–H groups in total. The lowest BCUT2D eigenvalue weighted by molar-refractivity contribution is -0.135. The minimum atomic E-state index is -0.895. The highest BCUT2D eigenvalue weighted by Gasteiger charge is 2.27. The summed E-state index contributed by atoms with van der Waals surface area (Å²) in [6.07, 6.45) is -0.157. The number of nitrogens with two attached hydrogens (primary N) is 2. The zero-order chi connectivity index (χ0) is 14.4. The van der Waals surface area contributed by atoms with Crippen molar-refractivity contribution in [1.29, 1.82) is 0 Å². The first-order valence-electron chi connectivity index (χ1n) is 6.31. The number of rotatable bonds is 4. The molecule has 1 rings (SSSR count). The second-order valence-corrected chi connectivity index (χ2v) is 4.42. The number of nitrogens with one attached hydrogen (secondary N) is 1. The first-order chi connectivity index (χ1) is 8.95. The van der Waals surface area contributed by atoms with E-state index in [1.54, 1.807) is 9.80 Å². The van der Waals surface area contributed by atoms with Crippen LogP contribution < -0.4 is 16.8 Å². The first kappa shape index (κ1) is 15.2. The smallest absolute Gasteiger partial charge is 0.317 e. The molecule has 0 aromatic heterocycles. The Bertz CT molecular complexity index is 352. The molecule has 0 radical (unpaired) electrons. The number of piperazine rings is 1. The Morgan fingerprint density at radius 3 is 2.16 bits per heavy atom. The van der Waals surface area contributed by atoms with Gasteiger partial charge in [-0.25, -0.2) is 4.79 Å². The van der Waals surface area contributed by atoms with Crippen molar-refractivity contribution in [2.45, 2.75) is 19.4 Å². The summed E-state index contributed by atoms with van der Waals surface area (Å²) in [5.41, 5.74) is 10.6. The zero-order valence-corrected chi connectivity index (χ0v) is 11.1. The topological polar surface area (TPSA) is 122 Å². The number of hydrogen-bond donors (Lipinski definition) is 3. The van der Waals surface area contributed by atoms with E-state index < -0.39 is 11.9 Å². The molecule has 8 heteroatoms. The van der Waals surface area contributed by atoms with Gasteiger partial charge in [-0.05, 0) is 6.92 Å². The fraction of sp³-hybridized carbons (Fsp3) is 0.727. The summed E-state index contributed by atoms with van der Waals surface area (Å²) in [4.78, 5) is 37.4. The van der Waals surface area contributed by atoms with E-state index >= 15 is 0 Å². The van der Waals surface area contributed by atoms with Gasteiger partial charge >= 0.3 is 6.03 Å². The molecule has 8 nitrogen and oxygen atoms in total. The van der Waals surface area contributed by atoms with E-state index in [0.29, 0.717) is 32.7 Å². The van der Waals surface area contributed by atoms with Crippen LogP contribution in [-0.2, 0) is 9.59 Å².